The van der Waals surface area contributed by atoms with Gasteiger partial charge in [-0.05, 0) is 38.8 Å². The summed E-state index contributed by atoms with van der Waals surface area (Å²) in [5.74, 6) is -0.729. The van der Waals surface area contributed by atoms with Crippen molar-refractivity contribution in [3.8, 4) is 0 Å². The van der Waals surface area contributed by atoms with Gasteiger partial charge in [0, 0.05) is 11.4 Å². The third-order valence-electron chi connectivity index (χ3n) is 3.79. The number of hydrogen-bond acceptors (Lipinski definition) is 3. The summed E-state index contributed by atoms with van der Waals surface area (Å²) in [6.45, 7) is 4.19. The highest BCUT2D eigenvalue weighted by molar-refractivity contribution is 8.00. The number of benzene rings is 1. The molecular formula is C15H19NO3S. The largest absolute Gasteiger partial charge is 0.480 e. The van der Waals surface area contributed by atoms with E-state index in [1.807, 2.05) is 31.2 Å². The summed E-state index contributed by atoms with van der Waals surface area (Å²) in [5.41, 5.74) is 0.143. The molecule has 108 valence electrons. The number of amides is 1. The fourth-order valence-corrected chi connectivity index (χ4v) is 3.22. The molecule has 2 rings (SSSR count). The molecule has 1 amide bonds. The van der Waals surface area contributed by atoms with Crippen LogP contribution >= 0.6 is 11.8 Å². The Morgan fingerprint density at radius 3 is 2.60 bits per heavy atom. The number of carboxylic acid groups (broad SMARTS) is 1. The molecule has 1 aliphatic heterocycles. The average Bonchev–Trinajstić information content (AvgIpc) is 2.81. The second-order valence-electron chi connectivity index (χ2n) is 5.33. The van der Waals surface area contributed by atoms with Crippen molar-refractivity contribution in [2.24, 2.45) is 0 Å². The summed E-state index contributed by atoms with van der Waals surface area (Å²) < 4.78 is 0. The first-order valence-corrected chi connectivity index (χ1v) is 7.65. The molecule has 0 aromatic heterocycles. The van der Waals surface area contributed by atoms with Crippen molar-refractivity contribution in [2.75, 3.05) is 12.3 Å². The molecule has 0 spiro atoms. The van der Waals surface area contributed by atoms with Gasteiger partial charge in [0.2, 0.25) is 5.91 Å². The van der Waals surface area contributed by atoms with E-state index in [0.29, 0.717) is 13.0 Å². The number of aliphatic carboxylic acids is 1. The quantitative estimate of drug-likeness (QED) is 0.867. The Morgan fingerprint density at radius 1 is 1.35 bits per heavy atom. The van der Waals surface area contributed by atoms with Gasteiger partial charge < -0.3 is 10.0 Å². The van der Waals surface area contributed by atoms with E-state index in [9.17, 15) is 14.7 Å². The van der Waals surface area contributed by atoms with E-state index in [0.717, 1.165) is 11.3 Å². The summed E-state index contributed by atoms with van der Waals surface area (Å²) in [6.07, 6.45) is 1.28. The van der Waals surface area contributed by atoms with E-state index in [2.05, 4.69) is 0 Å². The van der Waals surface area contributed by atoms with Crippen molar-refractivity contribution in [3.05, 3.63) is 29.8 Å². The van der Waals surface area contributed by atoms with Crippen LogP contribution in [0.5, 0.6) is 0 Å². The maximum Gasteiger partial charge on any atom is 0.329 e. The Bertz CT molecular complexity index is 514. The van der Waals surface area contributed by atoms with E-state index in [1.54, 1.807) is 6.92 Å². The van der Waals surface area contributed by atoms with Crippen molar-refractivity contribution in [1.82, 2.24) is 4.90 Å². The van der Waals surface area contributed by atoms with Crippen LogP contribution in [-0.2, 0) is 9.59 Å². The number of rotatable bonds is 4. The molecule has 1 atom stereocenters. The molecule has 5 heteroatoms. The molecule has 1 unspecified atom stereocenters. The minimum absolute atomic E-state index is 0.0991. The molecule has 1 N–H and O–H groups in total. The van der Waals surface area contributed by atoms with Crippen LogP contribution in [0.4, 0.5) is 0 Å². The maximum absolute atomic E-state index is 12.2. The number of likely N-dealkylation sites (tertiary alicyclic amines) is 1. The van der Waals surface area contributed by atoms with Crippen LogP contribution in [0.1, 0.15) is 25.3 Å². The van der Waals surface area contributed by atoms with Crippen molar-refractivity contribution in [3.63, 3.8) is 0 Å². The van der Waals surface area contributed by atoms with Crippen LogP contribution in [0.15, 0.2) is 29.2 Å². The fraction of sp³-hybridized carbons (Fsp3) is 0.467. The SMILES string of the molecule is Cc1ccc(SCC(=O)N2CCCC2(C)C(=O)O)cc1. The first-order chi connectivity index (χ1) is 9.43. The number of carbonyl (C=O) groups is 2. The van der Waals surface area contributed by atoms with Crippen LogP contribution in [0.2, 0.25) is 0 Å². The van der Waals surface area contributed by atoms with Gasteiger partial charge >= 0.3 is 5.97 Å². The monoisotopic (exact) mass is 293 g/mol. The number of aryl methyl sites for hydroxylation is 1. The minimum atomic E-state index is -1.04. The van der Waals surface area contributed by atoms with E-state index in [4.69, 9.17) is 0 Å². The second kappa shape index (κ2) is 5.87. The van der Waals surface area contributed by atoms with E-state index in [1.165, 1.54) is 22.2 Å². The molecule has 0 saturated carbocycles. The van der Waals surface area contributed by atoms with Crippen LogP contribution in [-0.4, -0.2) is 39.7 Å². The van der Waals surface area contributed by atoms with Gasteiger partial charge in [-0.3, -0.25) is 4.79 Å². The summed E-state index contributed by atoms with van der Waals surface area (Å²) in [7, 11) is 0. The van der Waals surface area contributed by atoms with Crippen molar-refractivity contribution in [1.29, 1.82) is 0 Å². The van der Waals surface area contributed by atoms with E-state index >= 15 is 0 Å². The van der Waals surface area contributed by atoms with Crippen LogP contribution in [0.3, 0.4) is 0 Å². The lowest BCUT2D eigenvalue weighted by atomic mass is 9.99. The zero-order valence-corrected chi connectivity index (χ0v) is 12.6. The molecule has 0 aliphatic carbocycles. The van der Waals surface area contributed by atoms with Gasteiger partial charge in [0.15, 0.2) is 0 Å². The lowest BCUT2D eigenvalue weighted by Gasteiger charge is -2.31. The van der Waals surface area contributed by atoms with Gasteiger partial charge in [-0.15, -0.1) is 11.8 Å². The Hall–Kier alpha value is -1.49. The number of thioether (sulfide) groups is 1. The topological polar surface area (TPSA) is 57.6 Å². The lowest BCUT2D eigenvalue weighted by Crippen LogP contribution is -2.51. The fourth-order valence-electron chi connectivity index (χ4n) is 2.44. The number of carboxylic acids is 1. The Kier molecular flexibility index (Phi) is 4.38. The molecule has 1 aromatic carbocycles. The zero-order chi connectivity index (χ0) is 14.8. The van der Waals surface area contributed by atoms with Gasteiger partial charge in [-0.1, -0.05) is 17.7 Å². The molecule has 1 heterocycles. The zero-order valence-electron chi connectivity index (χ0n) is 11.8. The first-order valence-electron chi connectivity index (χ1n) is 6.67. The maximum atomic E-state index is 12.2. The summed E-state index contributed by atoms with van der Waals surface area (Å²) in [6, 6.07) is 7.97. The van der Waals surface area contributed by atoms with Crippen molar-refractivity contribution < 1.29 is 14.7 Å². The smallest absolute Gasteiger partial charge is 0.329 e. The predicted molar refractivity (Wildman–Crippen MR) is 78.9 cm³/mol. The van der Waals surface area contributed by atoms with Gasteiger partial charge in [-0.25, -0.2) is 4.79 Å². The van der Waals surface area contributed by atoms with Crippen LogP contribution < -0.4 is 0 Å². The molecule has 0 bridgehead atoms. The number of hydrogen-bond donors (Lipinski definition) is 1. The van der Waals surface area contributed by atoms with Gasteiger partial charge in [-0.2, -0.15) is 0 Å². The van der Waals surface area contributed by atoms with E-state index < -0.39 is 11.5 Å². The Labute approximate surface area is 123 Å². The summed E-state index contributed by atoms with van der Waals surface area (Å²) in [4.78, 5) is 26.1. The Morgan fingerprint density at radius 2 is 2.00 bits per heavy atom. The molecule has 1 aliphatic rings. The molecule has 1 fully saturated rings. The molecule has 4 nitrogen and oxygen atoms in total. The summed E-state index contributed by atoms with van der Waals surface area (Å²) in [5, 5.41) is 9.31. The minimum Gasteiger partial charge on any atom is -0.480 e. The first kappa shape index (κ1) is 14.9. The highest BCUT2D eigenvalue weighted by atomic mass is 32.2. The molecule has 1 aromatic rings. The van der Waals surface area contributed by atoms with Gasteiger partial charge in [0.05, 0.1) is 5.75 Å². The van der Waals surface area contributed by atoms with Gasteiger partial charge in [0.25, 0.3) is 0 Å². The summed E-state index contributed by atoms with van der Waals surface area (Å²) >= 11 is 1.45. The highest BCUT2D eigenvalue weighted by Gasteiger charge is 2.45. The third-order valence-corrected chi connectivity index (χ3v) is 4.78. The standard InChI is InChI=1S/C15H19NO3S/c1-11-4-6-12(7-5-11)20-10-13(17)16-9-3-8-15(16,2)14(18)19/h4-7H,3,8-10H2,1-2H3,(H,18,19). The third kappa shape index (κ3) is 2.98. The van der Waals surface area contributed by atoms with Crippen LogP contribution in [0.25, 0.3) is 0 Å². The van der Waals surface area contributed by atoms with E-state index in [-0.39, 0.29) is 11.7 Å². The molecular weight excluding hydrogens is 274 g/mol. The number of carbonyl (C=O) groups excluding carboxylic acids is 1. The predicted octanol–water partition coefficient (Wildman–Crippen LogP) is 2.55. The Balaban J connectivity index is 1.98. The normalized spacial score (nSPS) is 22.0. The second-order valence-corrected chi connectivity index (χ2v) is 6.38. The van der Waals surface area contributed by atoms with Crippen LogP contribution in [0, 0.1) is 6.92 Å². The highest BCUT2D eigenvalue weighted by Crippen LogP contribution is 2.30. The molecule has 20 heavy (non-hydrogen) atoms. The van der Waals surface area contributed by atoms with Gasteiger partial charge in [0.1, 0.15) is 5.54 Å². The van der Waals surface area contributed by atoms with Crippen molar-refractivity contribution >= 4 is 23.6 Å². The lowest BCUT2D eigenvalue weighted by molar-refractivity contribution is -0.154. The average molecular weight is 293 g/mol. The number of nitrogens with zero attached hydrogens (tertiary/aromatic N) is 1. The van der Waals surface area contributed by atoms with Crippen molar-refractivity contribution in [2.45, 2.75) is 37.1 Å². The molecule has 1 saturated heterocycles. The molecule has 0 radical (unpaired) electrons.